The van der Waals surface area contributed by atoms with Crippen LogP contribution in [0.15, 0.2) is 59.2 Å². The Labute approximate surface area is 169 Å². The summed E-state index contributed by atoms with van der Waals surface area (Å²) in [6.07, 6.45) is 5.67. The van der Waals surface area contributed by atoms with E-state index in [0.29, 0.717) is 32.0 Å². The van der Waals surface area contributed by atoms with Crippen LogP contribution in [-0.4, -0.2) is 60.2 Å². The number of furan rings is 1. The number of rotatable bonds is 6. The first-order valence-electron chi connectivity index (χ1n) is 9.84. The van der Waals surface area contributed by atoms with Crippen molar-refractivity contribution in [3.05, 3.63) is 60.6 Å². The number of piperidine rings is 1. The Balaban J connectivity index is 1.24. The molecule has 0 aliphatic carbocycles. The molecule has 7 nitrogen and oxygen atoms in total. The molecule has 152 valence electrons. The fourth-order valence-electron chi connectivity index (χ4n) is 3.68. The highest BCUT2D eigenvalue weighted by Crippen LogP contribution is 2.23. The maximum atomic E-state index is 12.3. The molecule has 4 rings (SSSR count). The average molecular weight is 396 g/mol. The second kappa shape index (κ2) is 8.86. The Bertz CT molecular complexity index is 841. The van der Waals surface area contributed by atoms with Crippen LogP contribution in [0.3, 0.4) is 0 Å². The highest BCUT2D eigenvalue weighted by molar-refractivity contribution is 5.91. The molecule has 0 radical (unpaired) electrons. The van der Waals surface area contributed by atoms with Crippen molar-refractivity contribution in [2.24, 2.45) is 0 Å². The van der Waals surface area contributed by atoms with Crippen LogP contribution in [-0.2, 0) is 9.53 Å². The van der Waals surface area contributed by atoms with E-state index >= 15 is 0 Å². The summed E-state index contributed by atoms with van der Waals surface area (Å²) in [6, 6.07) is 13.2. The summed E-state index contributed by atoms with van der Waals surface area (Å²) >= 11 is 0. The third kappa shape index (κ3) is 4.80. The van der Waals surface area contributed by atoms with Crippen LogP contribution in [0.25, 0.3) is 6.08 Å². The molecule has 3 heterocycles. The van der Waals surface area contributed by atoms with Crippen LogP contribution in [0, 0.1) is 0 Å². The molecular formula is C22H24N2O5. The smallest absolute Gasteiger partial charge is 0.410 e. The molecule has 2 aliphatic heterocycles. The summed E-state index contributed by atoms with van der Waals surface area (Å²) in [5.41, 5.74) is 0. The minimum absolute atomic E-state index is 0.0435. The van der Waals surface area contributed by atoms with Crippen molar-refractivity contribution in [2.45, 2.75) is 25.0 Å². The molecule has 2 amide bonds. The van der Waals surface area contributed by atoms with Gasteiger partial charge in [0, 0.05) is 25.2 Å². The Morgan fingerprint density at radius 3 is 2.66 bits per heavy atom. The van der Waals surface area contributed by atoms with E-state index in [0.717, 1.165) is 18.6 Å². The standard InChI is InChI=1S/C22H24N2O5/c25-21(9-8-19-7-4-14-27-19)23-12-10-17(11-13-23)24-15-20(29-22(24)26)16-28-18-5-2-1-3-6-18/h1-9,14,17,20H,10-13,15-16H2. The molecule has 0 spiro atoms. The Morgan fingerprint density at radius 2 is 1.93 bits per heavy atom. The molecule has 2 saturated heterocycles. The second-order valence-electron chi connectivity index (χ2n) is 7.19. The van der Waals surface area contributed by atoms with Gasteiger partial charge in [-0.25, -0.2) is 4.79 Å². The van der Waals surface area contributed by atoms with Gasteiger partial charge in [-0.2, -0.15) is 0 Å². The zero-order valence-corrected chi connectivity index (χ0v) is 16.1. The van der Waals surface area contributed by atoms with Crippen LogP contribution < -0.4 is 4.74 Å². The van der Waals surface area contributed by atoms with E-state index in [1.165, 1.54) is 6.08 Å². The summed E-state index contributed by atoms with van der Waals surface area (Å²) < 4.78 is 16.4. The molecule has 0 bridgehead atoms. The number of carbonyl (C=O) groups is 2. The summed E-state index contributed by atoms with van der Waals surface area (Å²) in [7, 11) is 0. The lowest BCUT2D eigenvalue weighted by Crippen LogP contribution is -2.47. The number of amides is 2. The molecule has 29 heavy (non-hydrogen) atoms. The van der Waals surface area contributed by atoms with E-state index in [4.69, 9.17) is 13.9 Å². The summed E-state index contributed by atoms with van der Waals surface area (Å²) in [4.78, 5) is 28.2. The van der Waals surface area contributed by atoms with Gasteiger partial charge in [-0.3, -0.25) is 4.79 Å². The van der Waals surface area contributed by atoms with Gasteiger partial charge in [0.2, 0.25) is 5.91 Å². The summed E-state index contributed by atoms with van der Waals surface area (Å²) in [6.45, 7) is 2.08. The van der Waals surface area contributed by atoms with Crippen LogP contribution in [0.1, 0.15) is 18.6 Å². The van der Waals surface area contributed by atoms with Gasteiger partial charge in [0.05, 0.1) is 12.8 Å². The average Bonchev–Trinajstić information content (AvgIpc) is 3.41. The first-order chi connectivity index (χ1) is 14.2. The van der Waals surface area contributed by atoms with Crippen LogP contribution in [0.5, 0.6) is 5.75 Å². The molecule has 1 aromatic carbocycles. The topological polar surface area (TPSA) is 72.2 Å². The molecule has 7 heteroatoms. The lowest BCUT2D eigenvalue weighted by molar-refractivity contribution is -0.127. The number of cyclic esters (lactones) is 1. The predicted molar refractivity (Wildman–Crippen MR) is 106 cm³/mol. The van der Waals surface area contributed by atoms with Gasteiger partial charge in [-0.1, -0.05) is 18.2 Å². The number of likely N-dealkylation sites (tertiary alicyclic amines) is 1. The Morgan fingerprint density at radius 1 is 1.14 bits per heavy atom. The second-order valence-corrected chi connectivity index (χ2v) is 7.19. The zero-order chi connectivity index (χ0) is 20.1. The van der Waals surface area contributed by atoms with Crippen molar-refractivity contribution < 1.29 is 23.5 Å². The predicted octanol–water partition coefficient (Wildman–Crippen LogP) is 3.18. The third-order valence-corrected chi connectivity index (χ3v) is 5.23. The van der Waals surface area contributed by atoms with Gasteiger partial charge in [-0.15, -0.1) is 0 Å². The SMILES string of the molecule is O=C(C=Cc1ccco1)N1CCC(N2CC(COc3ccccc3)OC2=O)CC1. The lowest BCUT2D eigenvalue weighted by Gasteiger charge is -2.35. The van der Waals surface area contributed by atoms with Crippen molar-refractivity contribution in [1.82, 2.24) is 9.80 Å². The molecule has 2 aromatic rings. The number of nitrogens with zero attached hydrogens (tertiary/aromatic N) is 2. The van der Waals surface area contributed by atoms with Gasteiger partial charge < -0.3 is 23.7 Å². The summed E-state index contributed by atoms with van der Waals surface area (Å²) in [5, 5.41) is 0. The van der Waals surface area contributed by atoms with E-state index in [1.54, 1.807) is 34.3 Å². The maximum absolute atomic E-state index is 12.3. The zero-order valence-electron chi connectivity index (χ0n) is 16.1. The fourth-order valence-corrected chi connectivity index (χ4v) is 3.68. The van der Waals surface area contributed by atoms with Crippen LogP contribution >= 0.6 is 0 Å². The first kappa shape index (κ1) is 19.1. The first-order valence-corrected chi connectivity index (χ1v) is 9.84. The van der Waals surface area contributed by atoms with Crippen molar-refractivity contribution in [3.8, 4) is 5.75 Å². The van der Waals surface area contributed by atoms with E-state index in [9.17, 15) is 9.59 Å². The van der Waals surface area contributed by atoms with Crippen LogP contribution in [0.2, 0.25) is 0 Å². The van der Waals surface area contributed by atoms with E-state index in [-0.39, 0.29) is 24.1 Å². The molecule has 0 saturated carbocycles. The van der Waals surface area contributed by atoms with Crippen molar-refractivity contribution in [2.75, 3.05) is 26.2 Å². The largest absolute Gasteiger partial charge is 0.490 e. The van der Waals surface area contributed by atoms with Gasteiger partial charge in [0.15, 0.2) is 6.10 Å². The normalized spacial score (nSPS) is 20.3. The number of hydrogen-bond donors (Lipinski definition) is 0. The van der Waals surface area contributed by atoms with E-state index < -0.39 is 0 Å². The molecule has 1 aromatic heterocycles. The number of hydrogen-bond acceptors (Lipinski definition) is 5. The summed E-state index contributed by atoms with van der Waals surface area (Å²) in [5.74, 6) is 1.37. The van der Waals surface area contributed by atoms with Crippen LogP contribution in [0.4, 0.5) is 4.79 Å². The van der Waals surface area contributed by atoms with Crippen molar-refractivity contribution in [1.29, 1.82) is 0 Å². The third-order valence-electron chi connectivity index (χ3n) is 5.23. The molecule has 1 atom stereocenters. The maximum Gasteiger partial charge on any atom is 0.410 e. The minimum atomic E-state index is -0.297. The minimum Gasteiger partial charge on any atom is -0.490 e. The molecule has 2 aliphatic rings. The van der Waals surface area contributed by atoms with E-state index in [1.807, 2.05) is 30.3 Å². The monoisotopic (exact) mass is 396 g/mol. The number of carbonyl (C=O) groups excluding carboxylic acids is 2. The van der Waals surface area contributed by atoms with Gasteiger partial charge in [0.1, 0.15) is 18.1 Å². The van der Waals surface area contributed by atoms with Gasteiger partial charge in [-0.05, 0) is 43.2 Å². The quantitative estimate of drug-likeness (QED) is 0.702. The number of ether oxygens (including phenoxy) is 2. The van der Waals surface area contributed by atoms with Crippen molar-refractivity contribution in [3.63, 3.8) is 0 Å². The molecule has 0 N–H and O–H groups in total. The fraction of sp³-hybridized carbons (Fsp3) is 0.364. The van der Waals surface area contributed by atoms with E-state index in [2.05, 4.69) is 0 Å². The van der Waals surface area contributed by atoms with Gasteiger partial charge >= 0.3 is 6.09 Å². The van der Waals surface area contributed by atoms with Gasteiger partial charge in [0.25, 0.3) is 0 Å². The Hall–Kier alpha value is -3.22. The molecule has 2 fully saturated rings. The Kier molecular flexibility index (Phi) is 5.84. The lowest BCUT2D eigenvalue weighted by atomic mass is 10.0. The highest BCUT2D eigenvalue weighted by atomic mass is 16.6. The number of benzene rings is 1. The number of para-hydroxylation sites is 1. The van der Waals surface area contributed by atoms with Crippen molar-refractivity contribution >= 4 is 18.1 Å². The highest BCUT2D eigenvalue weighted by Gasteiger charge is 2.38. The molecular weight excluding hydrogens is 372 g/mol. The molecule has 1 unspecified atom stereocenters.